The Labute approximate surface area is 107 Å². The van der Waals surface area contributed by atoms with Crippen LogP contribution >= 0.6 is 11.6 Å². The molecule has 0 spiro atoms. The molecule has 0 N–H and O–H groups in total. The first-order chi connectivity index (χ1) is 8.81. The zero-order valence-electron chi connectivity index (χ0n) is 9.08. The van der Waals surface area contributed by atoms with Gasteiger partial charge in [0.2, 0.25) is 0 Å². The van der Waals surface area contributed by atoms with E-state index < -0.39 is 0 Å². The molecule has 2 heterocycles. The Bertz CT molecular complexity index is 771. The molecule has 0 fully saturated rings. The van der Waals surface area contributed by atoms with Crippen LogP contribution in [0.5, 0.6) is 0 Å². The largest absolute Gasteiger partial charge is 0.236 e. The molecule has 0 unspecified atom stereocenters. The Balaban J connectivity index is 2.31. The fraction of sp³-hybridized carbons (Fsp3) is 0. The molecule has 0 saturated carbocycles. The molecule has 0 aliphatic carbocycles. The van der Waals surface area contributed by atoms with E-state index in [1.165, 1.54) is 10.9 Å². The molecule has 3 rings (SSSR count). The first-order valence-corrected chi connectivity index (χ1v) is 5.54. The first-order valence-electron chi connectivity index (χ1n) is 5.16. The van der Waals surface area contributed by atoms with E-state index >= 15 is 0 Å². The molecule has 2 aromatic heterocycles. The number of nitriles is 1. The van der Waals surface area contributed by atoms with Crippen molar-refractivity contribution in [3.63, 3.8) is 0 Å². The molecule has 3 aromatic rings. The lowest BCUT2D eigenvalue weighted by molar-refractivity contribution is 0.801. The summed E-state index contributed by atoms with van der Waals surface area (Å²) in [6.07, 6.45) is 1.52. The van der Waals surface area contributed by atoms with Gasteiger partial charge in [-0.05, 0) is 18.2 Å². The van der Waals surface area contributed by atoms with Crippen molar-refractivity contribution in [2.45, 2.75) is 0 Å². The lowest BCUT2D eigenvalue weighted by Gasteiger charge is -2.04. The van der Waals surface area contributed by atoms with Gasteiger partial charge in [0.1, 0.15) is 16.6 Å². The third-order valence-corrected chi connectivity index (χ3v) is 2.92. The summed E-state index contributed by atoms with van der Waals surface area (Å²) < 4.78 is 1.53. The maximum Gasteiger partial charge on any atom is 0.175 e. The number of rotatable bonds is 1. The van der Waals surface area contributed by atoms with Crippen molar-refractivity contribution in [1.82, 2.24) is 20.0 Å². The monoisotopic (exact) mass is 255 g/mol. The van der Waals surface area contributed by atoms with Gasteiger partial charge >= 0.3 is 0 Å². The van der Waals surface area contributed by atoms with Crippen molar-refractivity contribution in [2.24, 2.45) is 0 Å². The summed E-state index contributed by atoms with van der Waals surface area (Å²) in [5.41, 5.74) is 1.90. The van der Waals surface area contributed by atoms with E-state index in [0.29, 0.717) is 11.4 Å². The smallest absolute Gasteiger partial charge is 0.175 e. The number of fused-ring (bicyclic) bond motifs is 1. The molecule has 0 bridgehead atoms. The van der Waals surface area contributed by atoms with Crippen molar-refractivity contribution in [1.29, 1.82) is 5.26 Å². The van der Waals surface area contributed by atoms with E-state index in [9.17, 15) is 0 Å². The zero-order valence-corrected chi connectivity index (χ0v) is 9.83. The van der Waals surface area contributed by atoms with Crippen LogP contribution in [0.3, 0.4) is 0 Å². The summed E-state index contributed by atoms with van der Waals surface area (Å²) in [4.78, 5) is 4.16. The maximum atomic E-state index is 8.95. The Morgan fingerprint density at radius 3 is 2.89 bits per heavy atom. The molecular formula is C12H6ClN5. The van der Waals surface area contributed by atoms with E-state index in [1.807, 2.05) is 30.3 Å². The second-order valence-corrected chi connectivity index (χ2v) is 3.98. The molecule has 5 nitrogen and oxygen atoms in total. The van der Waals surface area contributed by atoms with Gasteiger partial charge in [0, 0.05) is 6.20 Å². The van der Waals surface area contributed by atoms with E-state index in [1.54, 1.807) is 6.07 Å². The second-order valence-electron chi connectivity index (χ2n) is 3.60. The minimum absolute atomic E-state index is 0.274. The highest BCUT2D eigenvalue weighted by Crippen LogP contribution is 2.23. The Kier molecular flexibility index (Phi) is 2.43. The molecule has 1 aromatic carbocycles. The molecule has 0 radical (unpaired) electrons. The number of aromatic nitrogens is 4. The van der Waals surface area contributed by atoms with Crippen molar-refractivity contribution < 1.29 is 0 Å². The Morgan fingerprint density at radius 2 is 2.06 bits per heavy atom. The van der Waals surface area contributed by atoms with E-state index in [0.717, 1.165) is 11.0 Å². The number of hydrogen-bond acceptors (Lipinski definition) is 4. The number of halogens is 1. The van der Waals surface area contributed by atoms with Crippen LogP contribution in [0.1, 0.15) is 5.56 Å². The molecule has 0 aliphatic heterocycles. The third-order valence-electron chi connectivity index (χ3n) is 2.54. The second kappa shape index (κ2) is 4.09. The van der Waals surface area contributed by atoms with Crippen molar-refractivity contribution in [3.05, 3.63) is 47.1 Å². The average molecular weight is 256 g/mol. The number of pyridine rings is 1. The van der Waals surface area contributed by atoms with Crippen LogP contribution in [0, 0.1) is 11.3 Å². The van der Waals surface area contributed by atoms with Gasteiger partial charge in [-0.2, -0.15) is 9.94 Å². The van der Waals surface area contributed by atoms with E-state index in [4.69, 9.17) is 16.9 Å². The quantitative estimate of drug-likeness (QED) is 0.669. The molecule has 18 heavy (non-hydrogen) atoms. The fourth-order valence-electron chi connectivity index (χ4n) is 1.69. The van der Waals surface area contributed by atoms with E-state index in [-0.39, 0.29) is 5.02 Å². The predicted octanol–water partition coefficient (Wildman–Crippen LogP) is 2.34. The number of nitrogens with zero attached hydrogens (tertiary/aromatic N) is 5. The van der Waals surface area contributed by atoms with Crippen LogP contribution in [0.15, 0.2) is 36.5 Å². The lowest BCUT2D eigenvalue weighted by Crippen LogP contribution is -2.01. The van der Waals surface area contributed by atoms with Crippen molar-refractivity contribution >= 4 is 22.6 Å². The normalized spacial score (nSPS) is 10.4. The third kappa shape index (κ3) is 1.51. The molecule has 0 amide bonds. The van der Waals surface area contributed by atoms with Gasteiger partial charge in [-0.25, -0.2) is 4.98 Å². The van der Waals surface area contributed by atoms with Crippen molar-refractivity contribution in [3.8, 4) is 11.9 Å². The van der Waals surface area contributed by atoms with Gasteiger partial charge in [-0.3, -0.25) is 0 Å². The van der Waals surface area contributed by atoms with Gasteiger partial charge < -0.3 is 0 Å². The van der Waals surface area contributed by atoms with Crippen LogP contribution in [0.2, 0.25) is 5.02 Å². The van der Waals surface area contributed by atoms with Crippen LogP contribution in [0.25, 0.3) is 16.9 Å². The summed E-state index contributed by atoms with van der Waals surface area (Å²) in [6, 6.07) is 11.0. The SMILES string of the molecule is N#Cc1ccnc(-n2nnc3ccccc32)c1Cl. The van der Waals surface area contributed by atoms with E-state index in [2.05, 4.69) is 15.3 Å². The molecule has 6 heteroatoms. The molecule has 0 aliphatic rings. The Hall–Kier alpha value is -2.45. The molecular weight excluding hydrogens is 250 g/mol. The minimum Gasteiger partial charge on any atom is -0.236 e. The van der Waals surface area contributed by atoms with Gasteiger partial charge in [0.05, 0.1) is 11.1 Å². The summed E-state index contributed by atoms with van der Waals surface area (Å²) in [6.45, 7) is 0. The van der Waals surface area contributed by atoms with Crippen LogP contribution in [0.4, 0.5) is 0 Å². The average Bonchev–Trinajstić information content (AvgIpc) is 2.83. The molecule has 0 saturated heterocycles. The predicted molar refractivity (Wildman–Crippen MR) is 66.4 cm³/mol. The number of para-hydroxylation sites is 1. The first kappa shape index (κ1) is 10.7. The summed E-state index contributed by atoms with van der Waals surface area (Å²) in [5, 5.41) is 17.3. The van der Waals surface area contributed by atoms with Crippen LogP contribution in [-0.4, -0.2) is 20.0 Å². The highest BCUT2D eigenvalue weighted by atomic mass is 35.5. The van der Waals surface area contributed by atoms with Gasteiger partial charge in [0.15, 0.2) is 5.82 Å². The van der Waals surface area contributed by atoms with Crippen molar-refractivity contribution in [2.75, 3.05) is 0 Å². The van der Waals surface area contributed by atoms with Gasteiger partial charge in [0.25, 0.3) is 0 Å². The fourth-order valence-corrected chi connectivity index (χ4v) is 1.93. The highest BCUT2D eigenvalue weighted by Gasteiger charge is 2.13. The topological polar surface area (TPSA) is 67.4 Å². The molecule has 0 atom stereocenters. The van der Waals surface area contributed by atoms with Gasteiger partial charge in [-0.1, -0.05) is 28.9 Å². The highest BCUT2D eigenvalue weighted by molar-refractivity contribution is 6.33. The van der Waals surface area contributed by atoms with Gasteiger partial charge in [-0.15, -0.1) is 5.10 Å². The maximum absolute atomic E-state index is 8.95. The molecule has 86 valence electrons. The van der Waals surface area contributed by atoms with Crippen LogP contribution < -0.4 is 0 Å². The number of hydrogen-bond donors (Lipinski definition) is 0. The summed E-state index contributed by atoms with van der Waals surface area (Å²) in [5.74, 6) is 0.407. The standard InChI is InChI=1S/C12H6ClN5/c13-11-8(7-14)5-6-15-12(11)18-10-4-2-1-3-9(10)16-17-18/h1-6H. The van der Waals surface area contributed by atoms with Crippen LogP contribution in [-0.2, 0) is 0 Å². The number of benzene rings is 1. The summed E-state index contributed by atoms with van der Waals surface area (Å²) in [7, 11) is 0. The summed E-state index contributed by atoms with van der Waals surface area (Å²) >= 11 is 6.13. The minimum atomic E-state index is 0.274. The lowest BCUT2D eigenvalue weighted by atomic mass is 10.3. The Morgan fingerprint density at radius 1 is 1.22 bits per heavy atom. The zero-order chi connectivity index (χ0) is 12.5.